The van der Waals surface area contributed by atoms with E-state index < -0.39 is 41.1 Å². The van der Waals surface area contributed by atoms with Gasteiger partial charge in [-0.05, 0) is 24.6 Å². The van der Waals surface area contributed by atoms with Gasteiger partial charge in [-0.1, -0.05) is 6.07 Å². The normalized spacial score (nSPS) is 14.9. The van der Waals surface area contributed by atoms with Crippen LogP contribution in [0.25, 0.3) is 0 Å². The highest BCUT2D eigenvalue weighted by Crippen LogP contribution is 2.37. The van der Waals surface area contributed by atoms with Crippen molar-refractivity contribution in [3.63, 3.8) is 0 Å². The van der Waals surface area contributed by atoms with E-state index >= 15 is 0 Å². The average Bonchev–Trinajstić information content (AvgIpc) is 2.35. The van der Waals surface area contributed by atoms with Crippen LogP contribution in [0.4, 0.5) is 17.6 Å². The maximum Gasteiger partial charge on any atom is 0.416 e. The van der Waals surface area contributed by atoms with Crippen molar-refractivity contribution in [1.82, 2.24) is 0 Å². The molecule has 0 spiro atoms. The van der Waals surface area contributed by atoms with Gasteiger partial charge in [0.25, 0.3) is 0 Å². The van der Waals surface area contributed by atoms with Crippen LogP contribution in [0, 0.1) is 11.7 Å². The predicted molar refractivity (Wildman–Crippen MR) is 57.5 cm³/mol. The smallest absolute Gasteiger partial charge is 0.416 e. The molecule has 2 unspecified atom stereocenters. The fraction of sp³-hybridized carbons (Fsp3) is 0.417. The van der Waals surface area contributed by atoms with Gasteiger partial charge in [-0.25, -0.2) is 4.39 Å². The summed E-state index contributed by atoms with van der Waals surface area (Å²) in [6.07, 6.45) is -6.56. The molecule has 0 fully saturated rings. The summed E-state index contributed by atoms with van der Waals surface area (Å²) < 4.78 is 55.5. The lowest BCUT2D eigenvalue weighted by molar-refractivity contribution is -0.150. The van der Waals surface area contributed by atoms with Crippen LogP contribution in [0.5, 0.6) is 0 Å². The molecule has 0 saturated heterocycles. The number of benzene rings is 1. The van der Waals surface area contributed by atoms with Crippen LogP contribution in [0.2, 0.25) is 0 Å². The molecule has 2 atom stereocenters. The van der Waals surface area contributed by atoms with E-state index in [0.717, 1.165) is 19.2 Å². The first kappa shape index (κ1) is 15.4. The molecule has 0 saturated carbocycles. The topological polar surface area (TPSA) is 46.5 Å². The fourth-order valence-electron chi connectivity index (χ4n) is 1.62. The summed E-state index contributed by atoms with van der Waals surface area (Å²) in [5, 5.41) is 9.80. The fourth-order valence-corrected chi connectivity index (χ4v) is 1.62. The quantitative estimate of drug-likeness (QED) is 0.684. The van der Waals surface area contributed by atoms with Crippen molar-refractivity contribution in [2.24, 2.45) is 5.92 Å². The monoisotopic (exact) mass is 280 g/mol. The SMILES string of the molecule is COC(=O)C(C)C(O)c1ccc(F)cc1C(F)(F)F. The number of ether oxygens (including phenoxy) is 1. The Kier molecular flexibility index (Phi) is 4.52. The molecule has 1 N–H and O–H groups in total. The van der Waals surface area contributed by atoms with Crippen molar-refractivity contribution in [1.29, 1.82) is 0 Å². The van der Waals surface area contributed by atoms with E-state index in [4.69, 9.17) is 0 Å². The van der Waals surface area contributed by atoms with E-state index in [-0.39, 0.29) is 6.07 Å². The number of alkyl halides is 3. The number of aliphatic hydroxyl groups excluding tert-OH is 1. The molecule has 1 rings (SSSR count). The minimum atomic E-state index is -4.83. The van der Waals surface area contributed by atoms with Gasteiger partial charge in [0.05, 0.1) is 24.7 Å². The Bertz CT molecular complexity index is 471. The molecule has 1 aromatic rings. The summed E-state index contributed by atoms with van der Waals surface area (Å²) >= 11 is 0. The van der Waals surface area contributed by atoms with E-state index in [2.05, 4.69) is 4.74 Å². The van der Waals surface area contributed by atoms with Crippen LogP contribution >= 0.6 is 0 Å². The maximum atomic E-state index is 12.9. The molecule has 0 heterocycles. The summed E-state index contributed by atoms with van der Waals surface area (Å²) in [4.78, 5) is 11.2. The van der Waals surface area contributed by atoms with Crippen LogP contribution in [0.1, 0.15) is 24.2 Å². The Labute approximate surface area is 106 Å². The van der Waals surface area contributed by atoms with Gasteiger partial charge in [0.1, 0.15) is 5.82 Å². The molecule has 0 aliphatic rings. The molecule has 0 bridgehead atoms. The van der Waals surface area contributed by atoms with E-state index in [1.54, 1.807) is 0 Å². The van der Waals surface area contributed by atoms with Gasteiger partial charge >= 0.3 is 12.1 Å². The van der Waals surface area contributed by atoms with Gasteiger partial charge in [-0.2, -0.15) is 13.2 Å². The molecular weight excluding hydrogens is 268 g/mol. The summed E-state index contributed by atoms with van der Waals surface area (Å²) in [5.41, 5.74) is -1.87. The largest absolute Gasteiger partial charge is 0.469 e. The number of aliphatic hydroxyl groups is 1. The lowest BCUT2D eigenvalue weighted by Gasteiger charge is -2.21. The number of carbonyl (C=O) groups is 1. The molecule has 7 heteroatoms. The third-order valence-electron chi connectivity index (χ3n) is 2.69. The minimum Gasteiger partial charge on any atom is -0.469 e. The Morgan fingerprint density at radius 1 is 1.37 bits per heavy atom. The van der Waals surface area contributed by atoms with Gasteiger partial charge in [0.15, 0.2) is 0 Å². The van der Waals surface area contributed by atoms with Crippen LogP contribution in [0.15, 0.2) is 18.2 Å². The number of hydrogen-bond donors (Lipinski definition) is 1. The molecule has 19 heavy (non-hydrogen) atoms. The lowest BCUT2D eigenvalue weighted by Crippen LogP contribution is -2.23. The summed E-state index contributed by atoms with van der Waals surface area (Å²) in [6.45, 7) is 1.22. The van der Waals surface area contributed by atoms with E-state index in [1.807, 2.05) is 0 Å². The van der Waals surface area contributed by atoms with Crippen molar-refractivity contribution in [3.05, 3.63) is 35.1 Å². The van der Waals surface area contributed by atoms with Crippen LogP contribution in [-0.4, -0.2) is 18.2 Å². The van der Waals surface area contributed by atoms with Gasteiger partial charge in [-0.15, -0.1) is 0 Å². The number of methoxy groups -OCH3 is 1. The number of esters is 1. The second-order valence-electron chi connectivity index (χ2n) is 3.99. The van der Waals surface area contributed by atoms with E-state index in [0.29, 0.717) is 0 Å². The first-order chi connectivity index (χ1) is 8.68. The zero-order valence-electron chi connectivity index (χ0n) is 10.2. The second-order valence-corrected chi connectivity index (χ2v) is 3.99. The number of halogens is 4. The molecule has 1 aromatic carbocycles. The van der Waals surface area contributed by atoms with Gasteiger partial charge < -0.3 is 9.84 Å². The Morgan fingerprint density at radius 3 is 2.42 bits per heavy atom. The first-order valence-corrected chi connectivity index (χ1v) is 5.31. The highest BCUT2D eigenvalue weighted by molar-refractivity contribution is 5.72. The Morgan fingerprint density at radius 2 is 1.95 bits per heavy atom. The second kappa shape index (κ2) is 5.56. The highest BCUT2D eigenvalue weighted by atomic mass is 19.4. The molecule has 0 aliphatic carbocycles. The third-order valence-corrected chi connectivity index (χ3v) is 2.69. The van der Waals surface area contributed by atoms with Crippen molar-refractivity contribution >= 4 is 5.97 Å². The van der Waals surface area contributed by atoms with E-state index in [9.17, 15) is 27.5 Å². The molecule has 106 valence electrons. The van der Waals surface area contributed by atoms with Crippen molar-refractivity contribution in [3.8, 4) is 0 Å². The highest BCUT2D eigenvalue weighted by Gasteiger charge is 2.37. The standard InChI is InChI=1S/C12H12F4O3/c1-6(11(18)19-2)10(17)8-4-3-7(13)5-9(8)12(14,15)16/h3-6,10,17H,1-2H3. The summed E-state index contributed by atoms with van der Waals surface area (Å²) in [6, 6.07) is 1.88. The lowest BCUT2D eigenvalue weighted by atomic mass is 9.93. The van der Waals surface area contributed by atoms with Crippen LogP contribution in [0.3, 0.4) is 0 Å². The maximum absolute atomic E-state index is 12.9. The number of rotatable bonds is 3. The minimum absolute atomic E-state index is 0.280. The molecule has 0 radical (unpaired) electrons. The number of hydrogen-bond acceptors (Lipinski definition) is 3. The molecule has 3 nitrogen and oxygen atoms in total. The summed E-state index contributed by atoms with van der Waals surface area (Å²) in [5.74, 6) is -3.13. The molecule has 0 amide bonds. The summed E-state index contributed by atoms with van der Waals surface area (Å²) in [7, 11) is 1.06. The van der Waals surface area contributed by atoms with E-state index in [1.165, 1.54) is 6.92 Å². The Balaban J connectivity index is 3.23. The van der Waals surface area contributed by atoms with Crippen LogP contribution < -0.4 is 0 Å². The average molecular weight is 280 g/mol. The zero-order chi connectivity index (χ0) is 14.8. The van der Waals surface area contributed by atoms with Gasteiger partial charge in [-0.3, -0.25) is 4.79 Å². The van der Waals surface area contributed by atoms with Crippen molar-refractivity contribution in [2.75, 3.05) is 7.11 Å². The number of carbonyl (C=O) groups excluding carboxylic acids is 1. The molecule has 0 aromatic heterocycles. The molecule has 0 aliphatic heterocycles. The molecular formula is C12H12F4O3. The Hall–Kier alpha value is -1.63. The van der Waals surface area contributed by atoms with Crippen molar-refractivity contribution < 1.29 is 32.2 Å². The van der Waals surface area contributed by atoms with Crippen molar-refractivity contribution in [2.45, 2.75) is 19.2 Å². The predicted octanol–water partition coefficient (Wildman–Crippen LogP) is 2.69. The van der Waals surface area contributed by atoms with Gasteiger partial charge in [0.2, 0.25) is 0 Å². The zero-order valence-corrected chi connectivity index (χ0v) is 10.2. The van der Waals surface area contributed by atoms with Gasteiger partial charge in [0, 0.05) is 0 Å². The van der Waals surface area contributed by atoms with Crippen LogP contribution in [-0.2, 0) is 15.7 Å². The third kappa shape index (κ3) is 3.44. The first-order valence-electron chi connectivity index (χ1n) is 5.31.